The van der Waals surface area contributed by atoms with Crippen molar-refractivity contribution >= 4 is 22.5 Å². The van der Waals surface area contributed by atoms with Gasteiger partial charge in [0.15, 0.2) is 0 Å². The Kier molecular flexibility index (Phi) is 4.02. The fourth-order valence-corrected chi connectivity index (χ4v) is 4.49. The van der Waals surface area contributed by atoms with Gasteiger partial charge in [-0.3, -0.25) is 14.2 Å². The van der Waals surface area contributed by atoms with Crippen molar-refractivity contribution in [2.45, 2.75) is 24.8 Å². The number of rotatable bonds is 2. The zero-order chi connectivity index (χ0) is 19.1. The lowest BCUT2D eigenvalue weighted by molar-refractivity contribution is -0.119. The van der Waals surface area contributed by atoms with E-state index in [1.54, 1.807) is 12.1 Å². The summed E-state index contributed by atoms with van der Waals surface area (Å²) in [7, 11) is 0. The molecule has 0 aliphatic carbocycles. The molecule has 142 valence electrons. The van der Waals surface area contributed by atoms with Crippen LogP contribution in [0.15, 0.2) is 59.7 Å². The average molecular weight is 375 g/mol. The lowest BCUT2D eigenvalue weighted by Crippen LogP contribution is -2.42. The Morgan fingerprint density at radius 2 is 1.82 bits per heavy atom. The summed E-state index contributed by atoms with van der Waals surface area (Å²) in [5, 5.41) is 0.528. The van der Waals surface area contributed by atoms with E-state index in [1.165, 1.54) is 16.5 Å². The molecule has 0 atom stereocenters. The second kappa shape index (κ2) is 6.56. The van der Waals surface area contributed by atoms with Crippen LogP contribution >= 0.6 is 0 Å². The standard InChI is InChI=1S/C22H21N3O3/c26-20(13-24-15-23-18-7-3-1-5-16(18)21(24)27)25-14-22(9-11-28-12-10-22)17-6-2-4-8-19(17)25/h1-8,15H,9-14H2. The van der Waals surface area contributed by atoms with Crippen molar-refractivity contribution in [1.29, 1.82) is 0 Å². The van der Waals surface area contributed by atoms with Gasteiger partial charge in [-0.05, 0) is 36.6 Å². The molecule has 0 unspecified atom stereocenters. The van der Waals surface area contributed by atoms with Crippen LogP contribution in [0, 0.1) is 0 Å². The highest BCUT2D eigenvalue weighted by molar-refractivity contribution is 5.96. The molecule has 0 N–H and O–H groups in total. The molecule has 1 saturated heterocycles. The predicted octanol–water partition coefficient (Wildman–Crippen LogP) is 2.49. The molecule has 0 saturated carbocycles. The van der Waals surface area contributed by atoms with E-state index in [0.717, 1.165) is 18.5 Å². The lowest BCUT2D eigenvalue weighted by atomic mass is 9.76. The molecular weight excluding hydrogens is 354 g/mol. The van der Waals surface area contributed by atoms with E-state index in [9.17, 15) is 9.59 Å². The topological polar surface area (TPSA) is 64.4 Å². The number of hydrogen-bond donors (Lipinski definition) is 0. The number of ether oxygens (including phenoxy) is 1. The van der Waals surface area contributed by atoms with Crippen molar-refractivity contribution in [3.8, 4) is 0 Å². The average Bonchev–Trinajstić information content (AvgIpc) is 3.05. The van der Waals surface area contributed by atoms with Gasteiger partial charge in [0.25, 0.3) is 5.56 Å². The lowest BCUT2D eigenvalue weighted by Gasteiger charge is -2.34. The van der Waals surface area contributed by atoms with Crippen molar-refractivity contribution in [2.24, 2.45) is 0 Å². The third kappa shape index (κ3) is 2.64. The van der Waals surface area contributed by atoms with Crippen molar-refractivity contribution in [2.75, 3.05) is 24.7 Å². The molecule has 6 heteroatoms. The van der Waals surface area contributed by atoms with E-state index in [1.807, 2.05) is 35.2 Å². The number of aromatic nitrogens is 2. The number of anilines is 1. The Balaban J connectivity index is 1.48. The van der Waals surface area contributed by atoms with E-state index in [2.05, 4.69) is 11.1 Å². The highest BCUT2D eigenvalue weighted by Crippen LogP contribution is 2.46. The Labute approximate surface area is 162 Å². The van der Waals surface area contributed by atoms with E-state index in [-0.39, 0.29) is 23.4 Å². The SMILES string of the molecule is O=C(Cn1cnc2ccccc2c1=O)N1CC2(CCOCC2)c2ccccc21. The van der Waals surface area contributed by atoms with Gasteiger partial charge in [-0.2, -0.15) is 0 Å². The summed E-state index contributed by atoms with van der Waals surface area (Å²) >= 11 is 0. The first kappa shape index (κ1) is 17.1. The Morgan fingerprint density at radius 1 is 1.07 bits per heavy atom. The zero-order valence-corrected chi connectivity index (χ0v) is 15.5. The molecule has 2 aliphatic rings. The molecule has 2 aromatic carbocycles. The van der Waals surface area contributed by atoms with Crippen LogP contribution in [0.2, 0.25) is 0 Å². The highest BCUT2D eigenvalue weighted by Gasteiger charge is 2.45. The molecule has 0 radical (unpaired) electrons. The summed E-state index contributed by atoms with van der Waals surface area (Å²) in [5.74, 6) is -0.0880. The summed E-state index contributed by atoms with van der Waals surface area (Å²) in [5.41, 5.74) is 2.58. The van der Waals surface area contributed by atoms with Gasteiger partial charge >= 0.3 is 0 Å². The number of hydrogen-bond acceptors (Lipinski definition) is 4. The molecule has 1 amide bonds. The smallest absolute Gasteiger partial charge is 0.261 e. The number of nitrogens with zero attached hydrogens (tertiary/aromatic N) is 3. The van der Waals surface area contributed by atoms with Crippen LogP contribution in [0.25, 0.3) is 10.9 Å². The maximum absolute atomic E-state index is 13.2. The van der Waals surface area contributed by atoms with E-state index >= 15 is 0 Å². The van der Waals surface area contributed by atoms with Gasteiger partial charge in [-0.25, -0.2) is 4.98 Å². The quantitative estimate of drug-likeness (QED) is 0.690. The molecule has 1 fully saturated rings. The Morgan fingerprint density at radius 3 is 2.68 bits per heavy atom. The van der Waals surface area contributed by atoms with Crippen LogP contribution in [0.4, 0.5) is 5.69 Å². The number of carbonyl (C=O) groups is 1. The van der Waals surface area contributed by atoms with Gasteiger partial charge in [0.2, 0.25) is 5.91 Å². The number of benzene rings is 2. The summed E-state index contributed by atoms with van der Waals surface area (Å²) < 4.78 is 6.97. The maximum atomic E-state index is 13.2. The van der Waals surface area contributed by atoms with Gasteiger partial charge < -0.3 is 9.64 Å². The minimum atomic E-state index is -0.188. The molecule has 28 heavy (non-hydrogen) atoms. The van der Waals surface area contributed by atoms with Crippen molar-refractivity contribution in [3.05, 3.63) is 70.8 Å². The second-order valence-corrected chi connectivity index (χ2v) is 7.58. The van der Waals surface area contributed by atoms with Crippen molar-refractivity contribution in [1.82, 2.24) is 9.55 Å². The minimum absolute atomic E-state index is 0.0163. The molecule has 2 aliphatic heterocycles. The van der Waals surface area contributed by atoms with Crippen LogP contribution in [0.1, 0.15) is 18.4 Å². The Hall–Kier alpha value is -2.99. The molecule has 1 aromatic heterocycles. The van der Waals surface area contributed by atoms with Gasteiger partial charge in [0.1, 0.15) is 6.54 Å². The van der Waals surface area contributed by atoms with E-state index < -0.39 is 0 Å². The number of carbonyl (C=O) groups excluding carboxylic acids is 1. The molecule has 3 heterocycles. The minimum Gasteiger partial charge on any atom is -0.381 e. The van der Waals surface area contributed by atoms with E-state index in [0.29, 0.717) is 30.7 Å². The van der Waals surface area contributed by atoms with Crippen LogP contribution < -0.4 is 10.5 Å². The zero-order valence-electron chi connectivity index (χ0n) is 15.5. The first-order chi connectivity index (χ1) is 13.7. The van der Waals surface area contributed by atoms with Crippen molar-refractivity contribution in [3.63, 3.8) is 0 Å². The van der Waals surface area contributed by atoms with Crippen LogP contribution in [0.3, 0.4) is 0 Å². The van der Waals surface area contributed by atoms with E-state index in [4.69, 9.17) is 4.74 Å². The number of amides is 1. The fraction of sp³-hybridized carbons (Fsp3) is 0.318. The number of para-hydroxylation sites is 2. The summed E-state index contributed by atoms with van der Waals surface area (Å²) in [6, 6.07) is 15.3. The van der Waals surface area contributed by atoms with Gasteiger partial charge in [0, 0.05) is 30.9 Å². The molecule has 1 spiro atoms. The van der Waals surface area contributed by atoms with Gasteiger partial charge in [0.05, 0.1) is 17.2 Å². The van der Waals surface area contributed by atoms with Crippen molar-refractivity contribution < 1.29 is 9.53 Å². The summed E-state index contributed by atoms with van der Waals surface area (Å²) in [4.78, 5) is 32.1. The maximum Gasteiger partial charge on any atom is 0.261 e. The molecule has 6 nitrogen and oxygen atoms in total. The fourth-order valence-electron chi connectivity index (χ4n) is 4.49. The Bertz CT molecular complexity index is 1120. The second-order valence-electron chi connectivity index (χ2n) is 7.58. The van der Waals surface area contributed by atoms with Crippen LogP contribution in [0.5, 0.6) is 0 Å². The summed E-state index contributed by atoms with van der Waals surface area (Å²) in [6.07, 6.45) is 3.28. The first-order valence-electron chi connectivity index (χ1n) is 9.60. The van der Waals surface area contributed by atoms with Gasteiger partial charge in [-0.15, -0.1) is 0 Å². The predicted molar refractivity (Wildman–Crippen MR) is 107 cm³/mol. The molecule has 5 rings (SSSR count). The third-order valence-electron chi connectivity index (χ3n) is 6.02. The number of fused-ring (bicyclic) bond motifs is 3. The molecule has 0 bridgehead atoms. The third-order valence-corrected chi connectivity index (χ3v) is 6.02. The monoisotopic (exact) mass is 375 g/mol. The largest absolute Gasteiger partial charge is 0.381 e. The normalized spacial score (nSPS) is 17.8. The highest BCUT2D eigenvalue weighted by atomic mass is 16.5. The van der Waals surface area contributed by atoms with Gasteiger partial charge in [-0.1, -0.05) is 30.3 Å². The van der Waals surface area contributed by atoms with Crippen LogP contribution in [-0.2, 0) is 21.5 Å². The summed E-state index contributed by atoms with van der Waals surface area (Å²) in [6.45, 7) is 2.05. The first-order valence-corrected chi connectivity index (χ1v) is 9.60. The molecular formula is C22H21N3O3. The molecule has 3 aromatic rings. The van der Waals surface area contributed by atoms with Crippen LogP contribution in [-0.4, -0.2) is 35.2 Å².